The summed E-state index contributed by atoms with van der Waals surface area (Å²) in [6, 6.07) is 0. The summed E-state index contributed by atoms with van der Waals surface area (Å²) in [5.74, 6) is 0.727. The van der Waals surface area contributed by atoms with Gasteiger partial charge in [0.1, 0.15) is 16.5 Å². The zero-order chi connectivity index (χ0) is 10.3. The second-order valence-corrected chi connectivity index (χ2v) is 3.84. The third kappa shape index (κ3) is 1.20. The van der Waals surface area contributed by atoms with Crippen LogP contribution in [0.1, 0.15) is 17.5 Å². The highest BCUT2D eigenvalue weighted by atomic mass is 35.5. The van der Waals surface area contributed by atoms with Crippen LogP contribution in [0.4, 0.5) is 5.69 Å². The highest BCUT2D eigenvalue weighted by molar-refractivity contribution is 6.35. The number of anilines is 1. The zero-order valence-corrected chi connectivity index (χ0v) is 8.69. The predicted octanol–water partition coefficient (Wildman–Crippen LogP) is 2.26. The monoisotopic (exact) mass is 213 g/mol. The predicted molar refractivity (Wildman–Crippen MR) is 56.1 cm³/mol. The second kappa shape index (κ2) is 3.24. The minimum Gasteiger partial charge on any atom is -0.505 e. The molecule has 0 saturated heterocycles. The first kappa shape index (κ1) is 9.46. The van der Waals surface area contributed by atoms with Crippen LogP contribution in [0, 0.1) is 6.92 Å². The molecule has 1 aliphatic rings. The molecular formula is C10H12ClNO2. The van der Waals surface area contributed by atoms with Crippen LogP contribution in [0.15, 0.2) is 0 Å². The Bertz CT molecular complexity index is 353. The molecule has 1 aromatic rings. The number of aromatic hydroxyl groups is 1. The first-order valence-electron chi connectivity index (χ1n) is 4.55. The van der Waals surface area contributed by atoms with Crippen molar-refractivity contribution in [3.05, 3.63) is 16.1 Å². The molecule has 14 heavy (non-hydrogen) atoms. The van der Waals surface area contributed by atoms with Gasteiger partial charge in [-0.3, -0.25) is 0 Å². The van der Waals surface area contributed by atoms with E-state index in [4.69, 9.17) is 22.1 Å². The van der Waals surface area contributed by atoms with Crippen LogP contribution in [0.25, 0.3) is 0 Å². The van der Waals surface area contributed by atoms with Crippen LogP contribution >= 0.6 is 11.6 Å². The Morgan fingerprint density at radius 2 is 2.21 bits per heavy atom. The summed E-state index contributed by atoms with van der Waals surface area (Å²) < 4.78 is 5.45. The molecule has 0 amide bonds. The van der Waals surface area contributed by atoms with Gasteiger partial charge in [0.15, 0.2) is 0 Å². The number of benzene rings is 1. The van der Waals surface area contributed by atoms with Crippen molar-refractivity contribution in [1.82, 2.24) is 0 Å². The number of nitrogens with two attached hydrogens (primary N) is 1. The third-order valence-corrected chi connectivity index (χ3v) is 2.97. The lowest BCUT2D eigenvalue weighted by molar-refractivity contribution is 0.287. The van der Waals surface area contributed by atoms with E-state index in [1.165, 1.54) is 0 Å². The summed E-state index contributed by atoms with van der Waals surface area (Å²) >= 11 is 5.98. The van der Waals surface area contributed by atoms with Crippen LogP contribution < -0.4 is 10.5 Å². The number of hydrogen-bond donors (Lipinski definition) is 2. The van der Waals surface area contributed by atoms with Gasteiger partial charge in [-0.15, -0.1) is 0 Å². The van der Waals surface area contributed by atoms with Gasteiger partial charge in [0.2, 0.25) is 0 Å². The number of hydrogen-bond acceptors (Lipinski definition) is 3. The van der Waals surface area contributed by atoms with E-state index in [1.54, 1.807) is 0 Å². The number of fused-ring (bicyclic) bond motifs is 1. The number of halogens is 1. The Balaban J connectivity index is 2.71. The summed E-state index contributed by atoms with van der Waals surface area (Å²) in [7, 11) is 0. The molecule has 0 unspecified atom stereocenters. The molecule has 4 heteroatoms. The van der Waals surface area contributed by atoms with E-state index in [1.807, 2.05) is 6.92 Å². The summed E-state index contributed by atoms with van der Waals surface area (Å²) in [5.41, 5.74) is 7.62. The Morgan fingerprint density at radius 3 is 2.93 bits per heavy atom. The molecule has 2 rings (SSSR count). The van der Waals surface area contributed by atoms with Crippen molar-refractivity contribution < 1.29 is 9.84 Å². The fraction of sp³-hybridized carbons (Fsp3) is 0.400. The van der Waals surface area contributed by atoms with Gasteiger partial charge >= 0.3 is 0 Å². The van der Waals surface area contributed by atoms with Crippen molar-refractivity contribution in [2.24, 2.45) is 0 Å². The minimum atomic E-state index is 0.0826. The molecule has 3 nitrogen and oxygen atoms in total. The van der Waals surface area contributed by atoms with Gasteiger partial charge in [-0.25, -0.2) is 0 Å². The number of nitrogen functional groups attached to an aromatic ring is 1. The van der Waals surface area contributed by atoms with Gasteiger partial charge in [0.05, 0.1) is 12.3 Å². The summed E-state index contributed by atoms with van der Waals surface area (Å²) in [6.45, 7) is 2.49. The molecule has 0 radical (unpaired) electrons. The van der Waals surface area contributed by atoms with Crippen molar-refractivity contribution in [3.8, 4) is 11.5 Å². The van der Waals surface area contributed by atoms with E-state index >= 15 is 0 Å². The maximum Gasteiger partial charge on any atom is 0.143 e. The lowest BCUT2D eigenvalue weighted by atomic mass is 9.99. The number of phenolic OH excluding ortho intramolecular Hbond substituents is 1. The maximum atomic E-state index is 9.68. The number of ether oxygens (including phenoxy) is 1. The van der Waals surface area contributed by atoms with E-state index in [-0.39, 0.29) is 11.4 Å². The minimum absolute atomic E-state index is 0.0826. The lowest BCUT2D eigenvalue weighted by Gasteiger charge is -2.22. The Morgan fingerprint density at radius 1 is 1.50 bits per heavy atom. The average Bonchev–Trinajstić information content (AvgIpc) is 2.23. The fourth-order valence-electron chi connectivity index (χ4n) is 1.75. The smallest absolute Gasteiger partial charge is 0.143 e. The van der Waals surface area contributed by atoms with E-state index in [0.29, 0.717) is 17.4 Å². The topological polar surface area (TPSA) is 55.5 Å². The standard InChI is InChI=1S/C10H12ClNO2/c1-5-6-3-2-4-14-10(6)7(11)8(12)9(5)13/h13H,2-4,12H2,1H3. The molecule has 1 heterocycles. The number of phenols is 1. The molecule has 0 atom stereocenters. The Hall–Kier alpha value is -1.09. The van der Waals surface area contributed by atoms with Crippen LogP contribution in [-0.4, -0.2) is 11.7 Å². The van der Waals surface area contributed by atoms with E-state index in [0.717, 1.165) is 24.0 Å². The van der Waals surface area contributed by atoms with E-state index in [2.05, 4.69) is 0 Å². The number of rotatable bonds is 0. The van der Waals surface area contributed by atoms with Crippen molar-refractivity contribution in [2.75, 3.05) is 12.3 Å². The lowest BCUT2D eigenvalue weighted by Crippen LogP contribution is -2.11. The summed E-state index contributed by atoms with van der Waals surface area (Å²) in [6.07, 6.45) is 1.84. The second-order valence-electron chi connectivity index (χ2n) is 3.46. The van der Waals surface area contributed by atoms with Crippen LogP contribution in [0.2, 0.25) is 5.02 Å². The molecule has 0 aromatic heterocycles. The SMILES string of the molecule is Cc1c(O)c(N)c(Cl)c2c1CCCO2. The molecule has 1 aromatic carbocycles. The summed E-state index contributed by atoms with van der Waals surface area (Å²) in [5, 5.41) is 10.0. The molecule has 0 aliphatic carbocycles. The normalized spacial score (nSPS) is 14.7. The third-order valence-electron chi connectivity index (χ3n) is 2.59. The molecule has 76 valence electrons. The van der Waals surface area contributed by atoms with Crippen LogP contribution in [0.3, 0.4) is 0 Å². The zero-order valence-electron chi connectivity index (χ0n) is 7.93. The fourth-order valence-corrected chi connectivity index (χ4v) is 2.01. The van der Waals surface area contributed by atoms with Crippen molar-refractivity contribution >= 4 is 17.3 Å². The van der Waals surface area contributed by atoms with Crippen LogP contribution in [0.5, 0.6) is 11.5 Å². The molecule has 0 spiro atoms. The van der Waals surface area contributed by atoms with Gasteiger partial charge in [-0.1, -0.05) is 11.6 Å². The van der Waals surface area contributed by atoms with Crippen molar-refractivity contribution in [3.63, 3.8) is 0 Å². The van der Waals surface area contributed by atoms with Gasteiger partial charge in [0.25, 0.3) is 0 Å². The highest BCUT2D eigenvalue weighted by Gasteiger charge is 2.22. The Labute approximate surface area is 87.4 Å². The van der Waals surface area contributed by atoms with Crippen molar-refractivity contribution in [2.45, 2.75) is 19.8 Å². The Kier molecular flexibility index (Phi) is 2.19. The largest absolute Gasteiger partial charge is 0.505 e. The quantitative estimate of drug-likeness (QED) is 0.514. The molecule has 0 bridgehead atoms. The van der Waals surface area contributed by atoms with Crippen molar-refractivity contribution in [1.29, 1.82) is 0 Å². The molecule has 1 aliphatic heterocycles. The highest BCUT2D eigenvalue weighted by Crippen LogP contribution is 2.44. The van der Waals surface area contributed by atoms with E-state index < -0.39 is 0 Å². The molecule has 3 N–H and O–H groups in total. The molecule has 0 saturated carbocycles. The summed E-state index contributed by atoms with van der Waals surface area (Å²) in [4.78, 5) is 0. The first-order chi connectivity index (χ1) is 6.63. The van der Waals surface area contributed by atoms with Crippen LogP contribution in [-0.2, 0) is 6.42 Å². The van der Waals surface area contributed by atoms with Gasteiger partial charge in [-0.05, 0) is 25.3 Å². The average molecular weight is 214 g/mol. The van der Waals surface area contributed by atoms with E-state index in [9.17, 15) is 5.11 Å². The van der Waals surface area contributed by atoms with Gasteiger partial charge < -0.3 is 15.6 Å². The van der Waals surface area contributed by atoms with Gasteiger partial charge in [-0.2, -0.15) is 0 Å². The molecular weight excluding hydrogens is 202 g/mol. The molecule has 0 fully saturated rings. The van der Waals surface area contributed by atoms with Gasteiger partial charge in [0, 0.05) is 5.56 Å². The first-order valence-corrected chi connectivity index (χ1v) is 4.93. The maximum absolute atomic E-state index is 9.68.